The van der Waals surface area contributed by atoms with Crippen LogP contribution in [-0.4, -0.2) is 18.4 Å². The fourth-order valence-electron chi connectivity index (χ4n) is 0.888. The van der Waals surface area contributed by atoms with Gasteiger partial charge in [-0.05, 0) is 12.8 Å². The molecule has 0 aliphatic carbocycles. The Morgan fingerprint density at radius 2 is 1.86 bits per heavy atom. The second-order valence-electron chi connectivity index (χ2n) is 3.14. The fourth-order valence-corrected chi connectivity index (χ4v) is 0.888. The van der Waals surface area contributed by atoms with Crippen molar-refractivity contribution in [2.45, 2.75) is 39.5 Å². The maximum absolute atomic E-state index is 11.2. The molecular formula is C11H18O3. The van der Waals surface area contributed by atoms with Gasteiger partial charge in [-0.25, -0.2) is 4.79 Å². The van der Waals surface area contributed by atoms with Gasteiger partial charge in [0.05, 0.1) is 12.2 Å². The molecule has 0 aromatic rings. The van der Waals surface area contributed by atoms with Gasteiger partial charge in [-0.2, -0.15) is 0 Å². The number of ether oxygens (including phenoxy) is 1. The van der Waals surface area contributed by atoms with Crippen molar-refractivity contribution in [1.82, 2.24) is 0 Å². The SMILES string of the molecule is C=C(C(=O)CCC)C(=O)OCCCC. The average molecular weight is 198 g/mol. The van der Waals surface area contributed by atoms with Gasteiger partial charge in [0.25, 0.3) is 0 Å². The van der Waals surface area contributed by atoms with Crippen LogP contribution in [0.2, 0.25) is 0 Å². The van der Waals surface area contributed by atoms with Crippen molar-refractivity contribution in [3.63, 3.8) is 0 Å². The molecule has 80 valence electrons. The number of Topliss-reactive ketones (excluding diaryl/α,β-unsaturated/α-hetero) is 1. The van der Waals surface area contributed by atoms with Crippen molar-refractivity contribution in [3.8, 4) is 0 Å². The minimum atomic E-state index is -0.572. The monoisotopic (exact) mass is 198 g/mol. The number of rotatable bonds is 7. The number of carbonyl (C=O) groups excluding carboxylic acids is 2. The summed E-state index contributed by atoms with van der Waals surface area (Å²) < 4.78 is 4.85. The van der Waals surface area contributed by atoms with Gasteiger partial charge in [0.15, 0.2) is 5.78 Å². The Labute approximate surface area is 85.1 Å². The van der Waals surface area contributed by atoms with Crippen LogP contribution in [0, 0.1) is 0 Å². The van der Waals surface area contributed by atoms with Crippen LogP contribution in [0.1, 0.15) is 39.5 Å². The van der Waals surface area contributed by atoms with Crippen LogP contribution in [0.3, 0.4) is 0 Å². The Balaban J connectivity index is 3.87. The molecule has 0 saturated carbocycles. The summed E-state index contributed by atoms with van der Waals surface area (Å²) in [5.74, 6) is -0.786. The van der Waals surface area contributed by atoms with Gasteiger partial charge in [0.1, 0.15) is 0 Å². The van der Waals surface area contributed by atoms with Crippen molar-refractivity contribution >= 4 is 11.8 Å². The predicted octanol–water partition coefficient (Wildman–Crippen LogP) is 2.26. The topological polar surface area (TPSA) is 43.4 Å². The summed E-state index contributed by atoms with van der Waals surface area (Å²) in [6.07, 6.45) is 2.87. The molecule has 0 radical (unpaired) electrons. The van der Waals surface area contributed by atoms with Crippen molar-refractivity contribution in [2.75, 3.05) is 6.61 Å². The zero-order valence-electron chi connectivity index (χ0n) is 8.97. The largest absolute Gasteiger partial charge is 0.462 e. The van der Waals surface area contributed by atoms with E-state index in [4.69, 9.17) is 4.74 Å². The normalized spacial score (nSPS) is 9.57. The van der Waals surface area contributed by atoms with Gasteiger partial charge in [0, 0.05) is 6.42 Å². The first-order valence-corrected chi connectivity index (χ1v) is 5.02. The molecule has 0 amide bonds. The molecule has 0 rings (SSSR count). The van der Waals surface area contributed by atoms with E-state index < -0.39 is 5.97 Å². The molecular weight excluding hydrogens is 180 g/mol. The minimum absolute atomic E-state index is 0.0250. The number of carbonyl (C=O) groups is 2. The van der Waals surface area contributed by atoms with E-state index in [0.29, 0.717) is 13.0 Å². The van der Waals surface area contributed by atoms with Crippen molar-refractivity contribution in [2.24, 2.45) is 0 Å². The van der Waals surface area contributed by atoms with Crippen molar-refractivity contribution in [3.05, 3.63) is 12.2 Å². The molecule has 0 atom stereocenters. The highest BCUT2D eigenvalue weighted by Gasteiger charge is 2.15. The predicted molar refractivity (Wildman–Crippen MR) is 54.9 cm³/mol. The molecule has 0 aromatic heterocycles. The molecule has 0 aliphatic rings. The molecule has 0 unspecified atom stereocenters. The van der Waals surface area contributed by atoms with Crippen molar-refractivity contribution in [1.29, 1.82) is 0 Å². The summed E-state index contributed by atoms with van der Waals surface area (Å²) in [4.78, 5) is 22.4. The molecule has 14 heavy (non-hydrogen) atoms. The maximum atomic E-state index is 11.2. The summed E-state index contributed by atoms with van der Waals surface area (Å²) in [7, 11) is 0. The van der Waals surface area contributed by atoms with Crippen LogP contribution in [0.15, 0.2) is 12.2 Å². The molecule has 0 bridgehead atoms. The molecule has 3 nitrogen and oxygen atoms in total. The quantitative estimate of drug-likeness (QED) is 0.207. The smallest absolute Gasteiger partial charge is 0.341 e. The summed E-state index contributed by atoms with van der Waals surface area (Å²) in [5, 5.41) is 0. The lowest BCUT2D eigenvalue weighted by Gasteiger charge is -2.04. The van der Waals surface area contributed by atoms with Crippen LogP contribution in [0.25, 0.3) is 0 Å². The minimum Gasteiger partial charge on any atom is -0.462 e. The Morgan fingerprint density at radius 3 is 2.36 bits per heavy atom. The van der Waals surface area contributed by atoms with E-state index in [-0.39, 0.29) is 11.4 Å². The van der Waals surface area contributed by atoms with E-state index in [9.17, 15) is 9.59 Å². The maximum Gasteiger partial charge on any atom is 0.341 e. The molecule has 0 fully saturated rings. The third-order valence-corrected chi connectivity index (χ3v) is 1.79. The number of hydrogen-bond acceptors (Lipinski definition) is 3. The zero-order chi connectivity index (χ0) is 11.0. The van der Waals surface area contributed by atoms with Gasteiger partial charge in [-0.1, -0.05) is 26.8 Å². The first-order chi connectivity index (χ1) is 6.63. The molecule has 0 aromatic carbocycles. The van der Waals surface area contributed by atoms with Crippen LogP contribution < -0.4 is 0 Å². The second kappa shape index (κ2) is 7.30. The second-order valence-corrected chi connectivity index (χ2v) is 3.14. The van der Waals surface area contributed by atoms with Crippen LogP contribution in [0.4, 0.5) is 0 Å². The lowest BCUT2D eigenvalue weighted by Crippen LogP contribution is -2.15. The summed E-state index contributed by atoms with van der Waals surface area (Å²) >= 11 is 0. The van der Waals surface area contributed by atoms with Crippen molar-refractivity contribution < 1.29 is 14.3 Å². The third-order valence-electron chi connectivity index (χ3n) is 1.79. The lowest BCUT2D eigenvalue weighted by molar-refractivity contribution is -0.140. The highest BCUT2D eigenvalue weighted by Crippen LogP contribution is 2.03. The highest BCUT2D eigenvalue weighted by molar-refractivity contribution is 6.16. The first-order valence-electron chi connectivity index (χ1n) is 5.02. The Hall–Kier alpha value is -1.12. The standard InChI is InChI=1S/C11H18O3/c1-4-6-8-14-11(13)9(3)10(12)7-5-2/h3-8H2,1-2H3. The lowest BCUT2D eigenvalue weighted by atomic mass is 10.1. The molecule has 0 saturated heterocycles. The number of hydrogen-bond donors (Lipinski definition) is 0. The Bertz CT molecular complexity index is 219. The molecule has 3 heteroatoms. The summed E-state index contributed by atoms with van der Waals surface area (Å²) in [5.41, 5.74) is -0.0250. The van der Waals surface area contributed by atoms with Gasteiger partial charge >= 0.3 is 5.97 Å². The Morgan fingerprint density at radius 1 is 1.21 bits per heavy atom. The fraction of sp³-hybridized carbons (Fsp3) is 0.636. The molecule has 0 spiro atoms. The molecule has 0 aliphatic heterocycles. The van der Waals surface area contributed by atoms with Gasteiger partial charge in [-0.15, -0.1) is 0 Å². The highest BCUT2D eigenvalue weighted by atomic mass is 16.5. The molecule has 0 heterocycles. The van der Waals surface area contributed by atoms with Gasteiger partial charge < -0.3 is 4.74 Å². The van der Waals surface area contributed by atoms with Crippen LogP contribution >= 0.6 is 0 Å². The van der Waals surface area contributed by atoms with E-state index in [0.717, 1.165) is 19.3 Å². The average Bonchev–Trinajstić information content (AvgIpc) is 2.17. The number of esters is 1. The van der Waals surface area contributed by atoms with E-state index in [1.807, 2.05) is 13.8 Å². The van der Waals surface area contributed by atoms with Gasteiger partial charge in [0.2, 0.25) is 0 Å². The van der Waals surface area contributed by atoms with E-state index in [1.54, 1.807) is 0 Å². The third kappa shape index (κ3) is 4.80. The summed E-state index contributed by atoms with van der Waals surface area (Å²) in [6.45, 7) is 7.68. The zero-order valence-corrected chi connectivity index (χ0v) is 8.97. The van der Waals surface area contributed by atoms with Crippen LogP contribution in [0.5, 0.6) is 0 Å². The number of ketones is 1. The number of unbranched alkanes of at least 4 members (excludes halogenated alkanes) is 1. The van der Waals surface area contributed by atoms with E-state index in [1.165, 1.54) is 0 Å². The first kappa shape index (κ1) is 12.9. The Kier molecular flexibility index (Phi) is 6.72. The van der Waals surface area contributed by atoms with E-state index in [2.05, 4.69) is 6.58 Å². The molecule has 0 N–H and O–H groups in total. The summed E-state index contributed by atoms with van der Waals surface area (Å²) in [6, 6.07) is 0. The van der Waals surface area contributed by atoms with Crippen LogP contribution in [-0.2, 0) is 14.3 Å². The van der Waals surface area contributed by atoms with E-state index >= 15 is 0 Å². The van der Waals surface area contributed by atoms with Gasteiger partial charge in [-0.3, -0.25) is 4.79 Å².